The first-order valence-electron chi connectivity index (χ1n) is 18.1. The summed E-state index contributed by atoms with van der Waals surface area (Å²) in [4.78, 5) is 29.6. The summed E-state index contributed by atoms with van der Waals surface area (Å²) in [6.07, 6.45) is 11.4. The van der Waals surface area contributed by atoms with E-state index in [0.29, 0.717) is 50.6 Å². The molecule has 0 radical (unpaired) electrons. The summed E-state index contributed by atoms with van der Waals surface area (Å²) in [6.45, 7) is 0.292. The van der Waals surface area contributed by atoms with Crippen molar-refractivity contribution in [3.63, 3.8) is 0 Å². The van der Waals surface area contributed by atoms with E-state index in [1.54, 1.807) is 12.4 Å². The van der Waals surface area contributed by atoms with E-state index in [1.807, 2.05) is 78.9 Å². The molecule has 9 heteroatoms. The number of aromatic nitrogens is 1. The molecule has 5 rings (SSSR count). The number of aryl methyl sites for hydroxylation is 1. The van der Waals surface area contributed by atoms with Crippen molar-refractivity contribution in [3.05, 3.63) is 120 Å². The summed E-state index contributed by atoms with van der Waals surface area (Å²) in [5.74, 6) is -1.10. The summed E-state index contributed by atoms with van der Waals surface area (Å²) in [5, 5.41) is 36.7. The number of amides is 1. The lowest BCUT2D eigenvalue weighted by molar-refractivity contribution is -0.145. The third-order valence-corrected chi connectivity index (χ3v) is 10.0. The van der Waals surface area contributed by atoms with E-state index in [0.717, 1.165) is 28.3 Å². The number of pyridine rings is 1. The molecule has 51 heavy (non-hydrogen) atoms. The maximum absolute atomic E-state index is 13.1. The molecular weight excluding hydrogens is 642 g/mol. The van der Waals surface area contributed by atoms with Gasteiger partial charge in [0.25, 0.3) is 0 Å². The van der Waals surface area contributed by atoms with Gasteiger partial charge in [0.05, 0.1) is 24.2 Å². The molecule has 3 aromatic carbocycles. The number of nitrogens with two attached hydrogens (primary N) is 1. The van der Waals surface area contributed by atoms with E-state index in [1.165, 1.54) is 5.56 Å². The Morgan fingerprint density at radius 3 is 2.49 bits per heavy atom. The van der Waals surface area contributed by atoms with Crippen LogP contribution in [0, 0.1) is 11.8 Å². The van der Waals surface area contributed by atoms with Crippen molar-refractivity contribution < 1.29 is 29.6 Å². The molecule has 0 bridgehead atoms. The summed E-state index contributed by atoms with van der Waals surface area (Å²) in [7, 11) is 0. The SMILES string of the molecule is NCC(C(=O)Nc1ccc2cnccc2c1)c1ccc(COC(=O)CCC/C=C\C[C@@H]2[C@@H](CCC(O)CCc3ccccc3)[C@H](O)C[C@@H]2O)cc1. The van der Waals surface area contributed by atoms with Gasteiger partial charge in [-0.3, -0.25) is 14.6 Å². The average molecular weight is 694 g/mol. The fourth-order valence-electron chi connectivity index (χ4n) is 7.02. The lowest BCUT2D eigenvalue weighted by Gasteiger charge is -2.23. The van der Waals surface area contributed by atoms with Crippen LogP contribution in [0.3, 0.4) is 0 Å². The molecule has 2 unspecified atom stereocenters. The van der Waals surface area contributed by atoms with E-state index in [9.17, 15) is 24.9 Å². The van der Waals surface area contributed by atoms with E-state index in [-0.39, 0.29) is 43.3 Å². The maximum atomic E-state index is 13.1. The number of ether oxygens (including phenoxy) is 1. The van der Waals surface area contributed by atoms with Gasteiger partial charge in [-0.2, -0.15) is 0 Å². The predicted molar refractivity (Wildman–Crippen MR) is 200 cm³/mol. The number of rotatable bonds is 18. The summed E-state index contributed by atoms with van der Waals surface area (Å²) >= 11 is 0. The number of hydrogen-bond acceptors (Lipinski definition) is 8. The molecule has 0 saturated heterocycles. The highest BCUT2D eigenvalue weighted by Crippen LogP contribution is 2.38. The minimum Gasteiger partial charge on any atom is -0.461 e. The molecule has 9 nitrogen and oxygen atoms in total. The van der Waals surface area contributed by atoms with E-state index >= 15 is 0 Å². The molecule has 1 heterocycles. The molecule has 1 fully saturated rings. The van der Waals surface area contributed by atoms with Gasteiger partial charge < -0.3 is 31.1 Å². The molecule has 4 aromatic rings. The van der Waals surface area contributed by atoms with Gasteiger partial charge in [-0.05, 0) is 103 Å². The van der Waals surface area contributed by atoms with Crippen LogP contribution in [0.15, 0.2) is 103 Å². The smallest absolute Gasteiger partial charge is 0.306 e. The van der Waals surface area contributed by atoms with Gasteiger partial charge in [0, 0.05) is 36.4 Å². The average Bonchev–Trinajstić information content (AvgIpc) is 3.42. The van der Waals surface area contributed by atoms with Gasteiger partial charge in [-0.25, -0.2) is 0 Å². The van der Waals surface area contributed by atoms with Gasteiger partial charge in [-0.1, -0.05) is 72.8 Å². The van der Waals surface area contributed by atoms with Crippen molar-refractivity contribution in [3.8, 4) is 0 Å². The lowest BCUT2D eigenvalue weighted by atomic mass is 9.85. The molecule has 1 saturated carbocycles. The Hall–Kier alpha value is -4.41. The molecule has 6 N–H and O–H groups in total. The Balaban J connectivity index is 0.983. The number of esters is 1. The van der Waals surface area contributed by atoms with E-state index in [2.05, 4.69) is 22.4 Å². The quantitative estimate of drug-likeness (QED) is 0.0469. The molecule has 1 aliphatic rings. The second-order valence-corrected chi connectivity index (χ2v) is 13.7. The number of nitrogens with one attached hydrogen (secondary N) is 1. The van der Waals surface area contributed by atoms with Gasteiger partial charge in [0.1, 0.15) is 6.61 Å². The molecule has 1 aliphatic carbocycles. The second kappa shape index (κ2) is 19.3. The maximum Gasteiger partial charge on any atom is 0.306 e. The zero-order valence-electron chi connectivity index (χ0n) is 29.1. The number of benzene rings is 3. The summed E-state index contributed by atoms with van der Waals surface area (Å²) in [5.41, 5.74) is 9.48. The highest BCUT2D eigenvalue weighted by Gasteiger charge is 2.40. The molecule has 270 valence electrons. The lowest BCUT2D eigenvalue weighted by Crippen LogP contribution is -2.27. The third-order valence-electron chi connectivity index (χ3n) is 10.0. The van der Waals surface area contributed by atoms with Crippen LogP contribution in [0.25, 0.3) is 10.8 Å². The Morgan fingerprint density at radius 2 is 1.71 bits per heavy atom. The Kier molecular flexibility index (Phi) is 14.3. The van der Waals surface area contributed by atoms with Gasteiger partial charge in [0.2, 0.25) is 5.91 Å². The number of allylic oxidation sites excluding steroid dienone is 2. The van der Waals surface area contributed by atoms with E-state index < -0.39 is 24.2 Å². The van der Waals surface area contributed by atoms with Crippen LogP contribution in [0.1, 0.15) is 74.0 Å². The Bertz CT molecular complexity index is 1710. The fraction of sp³-hybridized carbons (Fsp3) is 0.405. The summed E-state index contributed by atoms with van der Waals surface area (Å²) in [6, 6.07) is 25.0. The van der Waals surface area contributed by atoms with Crippen molar-refractivity contribution >= 4 is 28.3 Å². The van der Waals surface area contributed by atoms with Gasteiger partial charge in [-0.15, -0.1) is 0 Å². The second-order valence-electron chi connectivity index (χ2n) is 13.7. The first kappa shape index (κ1) is 37.8. The molecule has 0 aliphatic heterocycles. The van der Waals surface area contributed by atoms with E-state index in [4.69, 9.17) is 10.5 Å². The Morgan fingerprint density at radius 1 is 0.922 bits per heavy atom. The van der Waals surface area contributed by atoms with Crippen molar-refractivity contribution in [2.45, 2.75) is 88.6 Å². The number of aliphatic hydroxyl groups is 3. The van der Waals surface area contributed by atoms with Crippen molar-refractivity contribution in [1.29, 1.82) is 0 Å². The molecule has 0 spiro atoms. The largest absolute Gasteiger partial charge is 0.461 e. The van der Waals surface area contributed by atoms with Gasteiger partial charge >= 0.3 is 5.97 Å². The van der Waals surface area contributed by atoms with Gasteiger partial charge in [0.15, 0.2) is 0 Å². The predicted octanol–water partition coefficient (Wildman–Crippen LogP) is 6.21. The van der Waals surface area contributed by atoms with Crippen LogP contribution in [0.4, 0.5) is 5.69 Å². The van der Waals surface area contributed by atoms with Crippen LogP contribution < -0.4 is 11.1 Å². The standard InChI is InChI=1S/C42H51N3O6/c43-26-38(42(50)45-34-18-17-33-27-44-23-22-32(33)24-34)31-15-12-30(13-16-31)28-51-41(49)11-7-2-1-6-10-36-37(40(48)25-39(36)47)21-20-35(46)19-14-29-8-4-3-5-9-29/h1,3-6,8-9,12-13,15-18,22-24,27,35-40,46-48H,2,7,10-11,14,19-21,25-26,28,43H2,(H,45,50)/b6-1-/t35?,36-,37-,38?,39+,40-/m1/s1. The number of fused-ring (bicyclic) bond motifs is 1. The number of nitrogens with zero attached hydrogens (tertiary/aromatic N) is 1. The molecule has 1 amide bonds. The molecular formula is C42H51N3O6. The minimum atomic E-state index is -0.563. The number of carbonyl (C=O) groups excluding carboxylic acids is 2. The van der Waals surface area contributed by atoms with Crippen LogP contribution >= 0.6 is 0 Å². The Labute approximate surface area is 300 Å². The zero-order valence-corrected chi connectivity index (χ0v) is 29.1. The number of hydrogen-bond donors (Lipinski definition) is 5. The monoisotopic (exact) mass is 693 g/mol. The van der Waals surface area contributed by atoms with Crippen LogP contribution in [-0.2, 0) is 27.4 Å². The number of unbranched alkanes of at least 4 members (excludes halogenated alkanes) is 1. The zero-order chi connectivity index (χ0) is 36.0. The molecule has 1 aromatic heterocycles. The van der Waals surface area contributed by atoms with Crippen LogP contribution in [-0.4, -0.2) is 57.0 Å². The summed E-state index contributed by atoms with van der Waals surface area (Å²) < 4.78 is 5.48. The van der Waals surface area contributed by atoms with Crippen molar-refractivity contribution in [2.24, 2.45) is 17.6 Å². The van der Waals surface area contributed by atoms with Crippen molar-refractivity contribution in [2.75, 3.05) is 11.9 Å². The van der Waals surface area contributed by atoms with Crippen molar-refractivity contribution in [1.82, 2.24) is 4.98 Å². The van der Waals surface area contributed by atoms with Crippen LogP contribution in [0.2, 0.25) is 0 Å². The first-order valence-corrected chi connectivity index (χ1v) is 18.1. The fourth-order valence-corrected chi connectivity index (χ4v) is 7.02. The number of aliphatic hydroxyl groups excluding tert-OH is 3. The highest BCUT2D eigenvalue weighted by molar-refractivity contribution is 5.98. The van der Waals surface area contributed by atoms with Crippen LogP contribution in [0.5, 0.6) is 0 Å². The number of carbonyl (C=O) groups is 2. The highest BCUT2D eigenvalue weighted by atomic mass is 16.5. The molecule has 6 atom stereocenters. The normalized spacial score (nSPS) is 20.0. The minimum absolute atomic E-state index is 0.0491. The third kappa shape index (κ3) is 11.3. The number of anilines is 1. The first-order chi connectivity index (χ1) is 24.8. The topological polar surface area (TPSA) is 155 Å².